The normalized spacial score (nSPS) is 16.8. The maximum Gasteiger partial charge on any atom is 0.412 e. The molecule has 2 N–H and O–H groups in total. The third-order valence-electron chi connectivity index (χ3n) is 5.48. The van der Waals surface area contributed by atoms with Gasteiger partial charge in [-0.2, -0.15) is 18.4 Å². The monoisotopic (exact) mass is 444 g/mol. The number of aromatic nitrogens is 1. The second kappa shape index (κ2) is 9.29. The second-order valence-electron chi connectivity index (χ2n) is 8.79. The molecule has 2 aromatic rings. The SMILES string of the molecule is Cc1cccc(-c2ccc([C@H](NC(=O)[C@H](CC(C)C)NC3(C#N)CC3)C(F)(F)F)cc2)n1. The molecule has 1 fully saturated rings. The number of aryl methyl sites for hydroxylation is 1. The molecule has 1 saturated carbocycles. The van der Waals surface area contributed by atoms with Crippen molar-refractivity contribution in [3.63, 3.8) is 0 Å². The van der Waals surface area contributed by atoms with Gasteiger partial charge in [0.05, 0.1) is 17.8 Å². The maximum atomic E-state index is 13.9. The molecule has 0 saturated heterocycles. The number of hydrogen-bond acceptors (Lipinski definition) is 4. The van der Waals surface area contributed by atoms with E-state index >= 15 is 0 Å². The van der Waals surface area contributed by atoms with Gasteiger partial charge in [-0.05, 0) is 49.8 Å². The molecule has 2 atom stereocenters. The highest BCUT2D eigenvalue weighted by Crippen LogP contribution is 2.36. The number of alkyl halides is 3. The Balaban J connectivity index is 1.81. The Kier molecular flexibility index (Phi) is 6.89. The van der Waals surface area contributed by atoms with Crippen molar-refractivity contribution in [1.82, 2.24) is 15.6 Å². The number of carbonyl (C=O) groups is 1. The number of carbonyl (C=O) groups excluding carboxylic acids is 1. The van der Waals surface area contributed by atoms with Gasteiger partial charge in [0, 0.05) is 11.3 Å². The lowest BCUT2D eigenvalue weighted by Gasteiger charge is -2.27. The summed E-state index contributed by atoms with van der Waals surface area (Å²) in [5.41, 5.74) is 1.28. The minimum Gasteiger partial charge on any atom is -0.339 e. The summed E-state index contributed by atoms with van der Waals surface area (Å²) in [6.07, 6.45) is -3.17. The first kappa shape index (κ1) is 23.7. The zero-order chi connectivity index (χ0) is 23.5. The van der Waals surface area contributed by atoms with Crippen molar-refractivity contribution in [1.29, 1.82) is 5.26 Å². The molecule has 0 bridgehead atoms. The summed E-state index contributed by atoms with van der Waals surface area (Å²) >= 11 is 0. The standard InChI is InChI=1S/C24H27F3N4O/c1-15(2)13-20(31-23(14-28)11-12-23)22(32)30-21(24(25,26)27)18-9-7-17(8-10-18)19-6-4-5-16(3)29-19/h4-10,15,20-21,31H,11-13H2,1-3H3,(H,30,32)/t20-,21-/m0/s1. The van der Waals surface area contributed by atoms with E-state index in [2.05, 4.69) is 21.7 Å². The van der Waals surface area contributed by atoms with E-state index in [1.54, 1.807) is 18.2 Å². The van der Waals surface area contributed by atoms with Gasteiger partial charge in [-0.15, -0.1) is 0 Å². The minimum absolute atomic E-state index is 0.0630. The molecule has 3 rings (SSSR count). The molecule has 170 valence electrons. The van der Waals surface area contributed by atoms with E-state index in [9.17, 15) is 23.2 Å². The first-order valence-corrected chi connectivity index (χ1v) is 10.6. The van der Waals surface area contributed by atoms with Crippen molar-refractivity contribution in [2.75, 3.05) is 0 Å². The van der Waals surface area contributed by atoms with E-state index in [1.165, 1.54) is 12.1 Å². The molecule has 1 aliphatic rings. The molecular weight excluding hydrogens is 417 g/mol. The van der Waals surface area contributed by atoms with E-state index in [0.717, 1.165) is 5.69 Å². The van der Waals surface area contributed by atoms with Crippen LogP contribution in [0, 0.1) is 24.2 Å². The van der Waals surface area contributed by atoms with E-state index < -0.39 is 29.7 Å². The number of nitriles is 1. The third kappa shape index (κ3) is 5.86. The van der Waals surface area contributed by atoms with E-state index in [1.807, 2.05) is 32.9 Å². The summed E-state index contributed by atoms with van der Waals surface area (Å²) in [7, 11) is 0. The molecule has 5 nitrogen and oxygen atoms in total. The minimum atomic E-state index is -4.67. The fourth-order valence-electron chi connectivity index (χ4n) is 3.60. The van der Waals surface area contributed by atoms with Crippen molar-refractivity contribution < 1.29 is 18.0 Å². The maximum absolute atomic E-state index is 13.9. The number of rotatable bonds is 8. The molecule has 1 amide bonds. The van der Waals surface area contributed by atoms with Gasteiger partial charge >= 0.3 is 6.18 Å². The zero-order valence-corrected chi connectivity index (χ0v) is 18.3. The Bertz CT molecular complexity index is 992. The summed E-state index contributed by atoms with van der Waals surface area (Å²) in [5, 5.41) is 14.5. The lowest BCUT2D eigenvalue weighted by atomic mass is 9.99. The van der Waals surface area contributed by atoms with Crippen LogP contribution in [-0.4, -0.2) is 28.6 Å². The Morgan fingerprint density at radius 1 is 1.19 bits per heavy atom. The molecule has 0 spiro atoms. The lowest BCUT2D eigenvalue weighted by Crippen LogP contribution is -2.52. The van der Waals surface area contributed by atoms with Crippen molar-refractivity contribution in [2.45, 2.75) is 63.8 Å². The number of nitrogens with one attached hydrogen (secondary N) is 2. The molecular formula is C24H27F3N4O. The number of benzene rings is 1. The van der Waals surface area contributed by atoms with Crippen LogP contribution in [0.2, 0.25) is 0 Å². The van der Waals surface area contributed by atoms with Crippen LogP contribution in [0.4, 0.5) is 13.2 Å². The molecule has 0 unspecified atom stereocenters. The zero-order valence-electron chi connectivity index (χ0n) is 18.3. The Hall–Kier alpha value is -2.92. The average molecular weight is 445 g/mol. The van der Waals surface area contributed by atoms with Gasteiger partial charge in [-0.3, -0.25) is 15.1 Å². The molecule has 32 heavy (non-hydrogen) atoms. The van der Waals surface area contributed by atoms with Crippen LogP contribution in [-0.2, 0) is 4.79 Å². The molecule has 1 aromatic heterocycles. The molecule has 0 radical (unpaired) electrons. The van der Waals surface area contributed by atoms with Crippen LogP contribution >= 0.6 is 0 Å². The van der Waals surface area contributed by atoms with Crippen LogP contribution in [0.5, 0.6) is 0 Å². The fraction of sp³-hybridized carbons (Fsp3) is 0.458. The average Bonchev–Trinajstić information content (AvgIpc) is 3.50. The van der Waals surface area contributed by atoms with Crippen molar-refractivity contribution >= 4 is 5.91 Å². The highest BCUT2D eigenvalue weighted by Gasteiger charge is 2.47. The first-order chi connectivity index (χ1) is 15.0. The molecule has 8 heteroatoms. The predicted molar refractivity (Wildman–Crippen MR) is 115 cm³/mol. The highest BCUT2D eigenvalue weighted by molar-refractivity contribution is 5.82. The Morgan fingerprint density at radius 3 is 2.34 bits per heavy atom. The summed E-state index contributed by atoms with van der Waals surface area (Å²) in [5.74, 6) is -0.690. The smallest absolute Gasteiger partial charge is 0.339 e. The summed E-state index contributed by atoms with van der Waals surface area (Å²) < 4.78 is 41.7. The van der Waals surface area contributed by atoms with E-state index in [4.69, 9.17) is 0 Å². The number of nitrogens with zero attached hydrogens (tertiary/aromatic N) is 2. The number of halogens is 3. The third-order valence-corrected chi connectivity index (χ3v) is 5.48. The Morgan fingerprint density at radius 2 is 1.84 bits per heavy atom. The van der Waals surface area contributed by atoms with Crippen LogP contribution < -0.4 is 10.6 Å². The highest BCUT2D eigenvalue weighted by atomic mass is 19.4. The molecule has 1 aliphatic carbocycles. The van der Waals surface area contributed by atoms with Gasteiger partial charge in [0.2, 0.25) is 5.91 Å². The number of amides is 1. The second-order valence-corrected chi connectivity index (χ2v) is 8.79. The van der Waals surface area contributed by atoms with Gasteiger partial charge < -0.3 is 5.32 Å². The van der Waals surface area contributed by atoms with Gasteiger partial charge in [0.15, 0.2) is 6.04 Å². The van der Waals surface area contributed by atoms with Gasteiger partial charge in [0.1, 0.15) is 5.54 Å². The molecule has 1 heterocycles. The van der Waals surface area contributed by atoms with Crippen LogP contribution in [0.1, 0.15) is 50.4 Å². The van der Waals surface area contributed by atoms with E-state index in [-0.39, 0.29) is 11.5 Å². The number of pyridine rings is 1. The summed E-state index contributed by atoms with van der Waals surface area (Å²) in [6, 6.07) is 10.4. The van der Waals surface area contributed by atoms with Crippen LogP contribution in [0.25, 0.3) is 11.3 Å². The molecule has 1 aromatic carbocycles. The quantitative estimate of drug-likeness (QED) is 0.611. The van der Waals surface area contributed by atoms with Gasteiger partial charge in [-0.25, -0.2) is 0 Å². The van der Waals surface area contributed by atoms with Crippen molar-refractivity contribution in [3.05, 3.63) is 53.7 Å². The van der Waals surface area contributed by atoms with Gasteiger partial charge in [0.25, 0.3) is 0 Å². The fourth-order valence-corrected chi connectivity index (χ4v) is 3.60. The van der Waals surface area contributed by atoms with Crippen molar-refractivity contribution in [2.24, 2.45) is 5.92 Å². The molecule has 0 aliphatic heterocycles. The van der Waals surface area contributed by atoms with Gasteiger partial charge in [-0.1, -0.05) is 44.2 Å². The summed E-state index contributed by atoms with van der Waals surface area (Å²) in [4.78, 5) is 17.3. The van der Waals surface area contributed by atoms with E-state index in [0.29, 0.717) is 30.5 Å². The first-order valence-electron chi connectivity index (χ1n) is 10.6. The van der Waals surface area contributed by atoms with Crippen LogP contribution in [0.15, 0.2) is 42.5 Å². The largest absolute Gasteiger partial charge is 0.412 e. The Labute approximate surface area is 186 Å². The lowest BCUT2D eigenvalue weighted by molar-refractivity contribution is -0.164. The summed E-state index contributed by atoms with van der Waals surface area (Å²) in [6.45, 7) is 5.60. The van der Waals surface area contributed by atoms with Crippen LogP contribution in [0.3, 0.4) is 0 Å². The number of hydrogen-bond donors (Lipinski definition) is 2. The topological polar surface area (TPSA) is 77.8 Å². The van der Waals surface area contributed by atoms with Crippen molar-refractivity contribution in [3.8, 4) is 17.3 Å². The predicted octanol–water partition coefficient (Wildman–Crippen LogP) is 4.84.